The van der Waals surface area contributed by atoms with Crippen molar-refractivity contribution in [2.24, 2.45) is 0 Å². The molecule has 0 unspecified atom stereocenters. The molecule has 0 radical (unpaired) electrons. The van der Waals surface area contributed by atoms with E-state index in [4.69, 9.17) is 0 Å². The first-order valence-electron chi connectivity index (χ1n) is 2.94. The number of carbonyl (C=O) groups is 2. The normalized spacial score (nSPS) is 6.73. The summed E-state index contributed by atoms with van der Waals surface area (Å²) in [5.74, 6) is -1.99. The van der Waals surface area contributed by atoms with Crippen LogP contribution in [-0.4, -0.2) is 11.9 Å². The molecule has 0 saturated heterocycles. The number of aliphatic carboxylic acids is 2. The molecular weight excluding hydrogens is 150 g/mol. The molecule has 0 amide bonds. The van der Waals surface area contributed by atoms with Gasteiger partial charge in [-0.3, -0.25) is 0 Å². The van der Waals surface area contributed by atoms with Gasteiger partial charge in [0.2, 0.25) is 0 Å². The summed E-state index contributed by atoms with van der Waals surface area (Å²) >= 11 is 0. The first kappa shape index (κ1) is 16.5. The van der Waals surface area contributed by atoms with Gasteiger partial charge in [0.25, 0.3) is 0 Å². The van der Waals surface area contributed by atoms with Gasteiger partial charge in [0.1, 0.15) is 0 Å². The average Bonchev–Trinajstić information content (AvgIpc) is 1.89. The Morgan fingerprint density at radius 3 is 1.09 bits per heavy atom. The van der Waals surface area contributed by atoms with E-state index < -0.39 is 11.9 Å². The zero-order valence-electron chi connectivity index (χ0n) is 7.05. The van der Waals surface area contributed by atoms with Crippen LogP contribution >= 0.6 is 0 Å². The Morgan fingerprint density at radius 1 is 1.00 bits per heavy atom. The van der Waals surface area contributed by atoms with Crippen molar-refractivity contribution in [3.63, 3.8) is 0 Å². The second kappa shape index (κ2) is 11.7. The molecule has 5 nitrogen and oxygen atoms in total. The molecule has 11 heavy (non-hydrogen) atoms. The first-order valence-corrected chi connectivity index (χ1v) is 2.94. The predicted molar refractivity (Wildman–Crippen MR) is 36.6 cm³/mol. The second-order valence-corrected chi connectivity index (χ2v) is 1.45. The van der Waals surface area contributed by atoms with Gasteiger partial charge < -0.3 is 26.0 Å². The van der Waals surface area contributed by atoms with Crippen molar-refractivity contribution in [3.8, 4) is 0 Å². The van der Waals surface area contributed by atoms with Crippen LogP contribution in [0.4, 0.5) is 0 Å². The van der Waals surface area contributed by atoms with Crippen LogP contribution in [-0.2, 0) is 9.59 Å². The van der Waals surface area contributed by atoms with Gasteiger partial charge in [0, 0.05) is 11.9 Å². The summed E-state index contributed by atoms with van der Waals surface area (Å²) in [4.78, 5) is 18.5. The summed E-state index contributed by atoms with van der Waals surface area (Å²) in [5, 5.41) is 18.5. The molecule has 4 N–H and O–H groups in total. The minimum atomic E-state index is -0.995. The van der Waals surface area contributed by atoms with Crippen molar-refractivity contribution in [2.75, 3.05) is 0 Å². The van der Waals surface area contributed by atoms with Gasteiger partial charge in [0.15, 0.2) is 0 Å². The van der Waals surface area contributed by atoms with Crippen LogP contribution in [0.15, 0.2) is 0 Å². The highest BCUT2D eigenvalue weighted by Gasteiger charge is 1.65. The predicted octanol–water partition coefficient (Wildman–Crippen LogP) is -1.33. The maximum atomic E-state index is 9.26. The number of hydrogen-bond donors (Lipinski definition) is 1. The van der Waals surface area contributed by atoms with E-state index in [1.807, 2.05) is 0 Å². The molecule has 0 rings (SSSR count). The fourth-order valence-electron chi connectivity index (χ4n) is 0. The lowest BCUT2D eigenvalue weighted by Gasteiger charge is -1.87. The third-order valence-electron chi connectivity index (χ3n) is 0.577. The molecule has 0 atom stereocenters. The number of carboxylic acids is 2. The van der Waals surface area contributed by atoms with Crippen LogP contribution in [0.1, 0.15) is 26.7 Å². The maximum Gasteiger partial charge on any atom is 0.0411 e. The average molecular weight is 164 g/mol. The summed E-state index contributed by atoms with van der Waals surface area (Å²) in [5.41, 5.74) is 0. The Morgan fingerprint density at radius 2 is 1.09 bits per heavy atom. The van der Waals surface area contributed by atoms with E-state index in [9.17, 15) is 19.8 Å². The smallest absolute Gasteiger partial charge is 0.0411 e. The number of quaternary nitrogens is 1. The van der Waals surface area contributed by atoms with E-state index in [-0.39, 0.29) is 19.0 Å². The molecule has 0 aliphatic rings. The highest BCUT2D eigenvalue weighted by molar-refractivity contribution is 5.63. The van der Waals surface area contributed by atoms with Gasteiger partial charge in [-0.25, -0.2) is 0 Å². The molecule has 0 spiro atoms. The standard InChI is InChI=1S/2C3H6O2.H3N/c2*1-2-3(4)5;/h2*2H2,1H3,(H,4,5);1H3/p-1. The van der Waals surface area contributed by atoms with Crippen molar-refractivity contribution in [1.29, 1.82) is 0 Å². The molecule has 0 aliphatic carbocycles. The third-order valence-corrected chi connectivity index (χ3v) is 0.577. The molecule has 0 aromatic rings. The monoisotopic (exact) mass is 164 g/mol. The van der Waals surface area contributed by atoms with Crippen molar-refractivity contribution >= 4 is 11.9 Å². The highest BCUT2D eigenvalue weighted by Crippen LogP contribution is 1.62. The minimum Gasteiger partial charge on any atom is -0.550 e. The summed E-state index contributed by atoms with van der Waals surface area (Å²) in [6.45, 7) is 3.07. The van der Waals surface area contributed by atoms with Gasteiger partial charge in [-0.15, -0.1) is 0 Å². The Hall–Kier alpha value is -1.10. The molecule has 0 aromatic carbocycles. The van der Waals surface area contributed by atoms with Crippen LogP contribution in [0, 0.1) is 0 Å². The van der Waals surface area contributed by atoms with Crippen LogP contribution < -0.4 is 16.4 Å². The van der Waals surface area contributed by atoms with E-state index in [0.29, 0.717) is 0 Å². The molecular formula is C6H14NO4-. The molecule has 0 aliphatic heterocycles. The van der Waals surface area contributed by atoms with E-state index in [2.05, 4.69) is 0 Å². The lowest BCUT2D eigenvalue weighted by Crippen LogP contribution is -2.20. The molecule has 5 heteroatoms. The summed E-state index contributed by atoms with van der Waals surface area (Å²) in [6, 6.07) is 0. The van der Waals surface area contributed by atoms with Crippen LogP contribution in [0.5, 0.6) is 0 Å². The lowest BCUT2D eigenvalue weighted by molar-refractivity contribution is -0.306. The number of hydrogen-bond acceptors (Lipinski definition) is 4. The Labute approximate surface area is 65.6 Å². The van der Waals surface area contributed by atoms with Crippen molar-refractivity contribution in [2.45, 2.75) is 26.7 Å². The van der Waals surface area contributed by atoms with Crippen LogP contribution in [0.2, 0.25) is 0 Å². The highest BCUT2D eigenvalue weighted by atomic mass is 16.4. The van der Waals surface area contributed by atoms with E-state index in [1.165, 1.54) is 13.8 Å². The number of carboxylic acid groups (broad SMARTS) is 2. The van der Waals surface area contributed by atoms with E-state index in [1.54, 1.807) is 0 Å². The van der Waals surface area contributed by atoms with Crippen molar-refractivity contribution < 1.29 is 19.8 Å². The SMILES string of the molecule is CCC(=O)[O-].CCC(=O)[O-].[NH4+]. The second-order valence-electron chi connectivity index (χ2n) is 1.45. The Kier molecular flexibility index (Phi) is 17.5. The fraction of sp³-hybridized carbons (Fsp3) is 0.667. The van der Waals surface area contributed by atoms with Crippen molar-refractivity contribution in [3.05, 3.63) is 0 Å². The third kappa shape index (κ3) is 50.4. The maximum absolute atomic E-state index is 9.26. The fourth-order valence-corrected chi connectivity index (χ4v) is 0. The molecule has 0 bridgehead atoms. The van der Waals surface area contributed by atoms with Gasteiger partial charge in [-0.2, -0.15) is 0 Å². The lowest BCUT2D eigenvalue weighted by atomic mass is 10.5. The Bertz CT molecular complexity index is 99.1. The van der Waals surface area contributed by atoms with Crippen LogP contribution in [0.3, 0.4) is 0 Å². The van der Waals surface area contributed by atoms with Gasteiger partial charge >= 0.3 is 0 Å². The Balaban J connectivity index is -0.000000107. The van der Waals surface area contributed by atoms with E-state index in [0.717, 1.165) is 0 Å². The zero-order valence-corrected chi connectivity index (χ0v) is 7.05. The van der Waals surface area contributed by atoms with E-state index >= 15 is 0 Å². The first-order chi connectivity index (χ1) is 4.54. The molecule has 0 heterocycles. The van der Waals surface area contributed by atoms with Crippen LogP contribution in [0.25, 0.3) is 0 Å². The number of rotatable bonds is 2. The topological polar surface area (TPSA) is 117 Å². The minimum absolute atomic E-state index is 0. The summed E-state index contributed by atoms with van der Waals surface area (Å²) in [6.07, 6.45) is 0.222. The van der Waals surface area contributed by atoms with Gasteiger partial charge in [-0.05, 0) is 12.8 Å². The molecule has 0 saturated carbocycles. The van der Waals surface area contributed by atoms with Gasteiger partial charge in [0.05, 0.1) is 0 Å². The van der Waals surface area contributed by atoms with Crippen molar-refractivity contribution in [1.82, 2.24) is 6.15 Å². The summed E-state index contributed by atoms with van der Waals surface area (Å²) in [7, 11) is 0. The largest absolute Gasteiger partial charge is 0.550 e. The number of carbonyl (C=O) groups excluding carboxylic acids is 2. The zero-order chi connectivity index (χ0) is 8.57. The van der Waals surface area contributed by atoms with Gasteiger partial charge in [-0.1, -0.05) is 13.8 Å². The molecule has 0 aromatic heterocycles. The summed E-state index contributed by atoms with van der Waals surface area (Å²) < 4.78 is 0. The molecule has 68 valence electrons. The quantitative estimate of drug-likeness (QED) is 0.543. The molecule has 0 fully saturated rings.